The lowest BCUT2D eigenvalue weighted by atomic mass is 10.2. The Kier molecular flexibility index (Phi) is 37.9. The maximum absolute atomic E-state index is 12.6. The number of nitrogens with two attached hydrogens (primary N) is 2. The number of hydrogen-bond donors (Lipinski definition) is 3. The van der Waals surface area contributed by atoms with Gasteiger partial charge in [0.05, 0.1) is 16.7 Å². The molecule has 9 heterocycles. The molecule has 4 saturated heterocycles. The number of rotatable bonds is 9. The minimum atomic E-state index is -0.967. The predicted octanol–water partition coefficient (Wildman–Crippen LogP) is 7.23. The van der Waals surface area contributed by atoms with Crippen molar-refractivity contribution in [1.29, 1.82) is 0 Å². The molecule has 5 aromatic heterocycles. The first-order valence-corrected chi connectivity index (χ1v) is 31.8. The average Bonchev–Trinajstić information content (AvgIpc) is 0.872. The summed E-state index contributed by atoms with van der Waals surface area (Å²) < 4.78 is 26.0. The van der Waals surface area contributed by atoms with Gasteiger partial charge in [0.1, 0.15) is 22.4 Å². The quantitative estimate of drug-likeness (QED) is 0.0744. The summed E-state index contributed by atoms with van der Waals surface area (Å²) in [4.78, 5) is 132. The topological polar surface area (TPSA) is 381 Å². The third-order valence-corrected chi connectivity index (χ3v) is 12.9. The molecule has 9 rings (SSSR count). The van der Waals surface area contributed by atoms with Crippen molar-refractivity contribution in [2.75, 3.05) is 134 Å². The number of nitrogens with zero attached hydrogens (tertiary/aromatic N) is 17. The number of halogens is 2. The summed E-state index contributed by atoms with van der Waals surface area (Å²) in [5, 5.41) is 3.43. The Morgan fingerprint density at radius 3 is 0.990 bits per heavy atom. The van der Waals surface area contributed by atoms with E-state index in [0.29, 0.717) is 47.4 Å². The van der Waals surface area contributed by atoms with Crippen LogP contribution in [0.15, 0.2) is 62.0 Å². The van der Waals surface area contributed by atoms with Crippen LogP contribution in [0.4, 0.5) is 43.0 Å². The third kappa shape index (κ3) is 37.5. The maximum Gasteiger partial charge on any atom is 0.427 e. The highest BCUT2D eigenvalue weighted by Gasteiger charge is 2.36. The number of piperazine rings is 3. The van der Waals surface area contributed by atoms with Gasteiger partial charge in [0.15, 0.2) is 18.9 Å². The lowest BCUT2D eigenvalue weighted by molar-refractivity contribution is 0.0404. The Labute approximate surface area is 586 Å². The molecule has 0 aliphatic carbocycles. The zero-order chi connectivity index (χ0) is 72.4. The lowest BCUT2D eigenvalue weighted by Crippen LogP contribution is -2.45. The van der Waals surface area contributed by atoms with Crippen molar-refractivity contribution in [2.24, 2.45) is 0 Å². The van der Waals surface area contributed by atoms with E-state index < -0.39 is 46.8 Å². The van der Waals surface area contributed by atoms with Crippen molar-refractivity contribution >= 4 is 91.0 Å². The Hall–Kier alpha value is -8.21. The van der Waals surface area contributed by atoms with Gasteiger partial charge in [-0.25, -0.2) is 69.0 Å². The lowest BCUT2D eigenvalue weighted by Gasteiger charge is -2.32. The molecule has 0 spiro atoms. The van der Waals surface area contributed by atoms with Gasteiger partial charge >= 0.3 is 24.4 Å². The first-order valence-electron chi connectivity index (χ1n) is 31.5. The molecule has 34 heteroatoms. The molecule has 4 aliphatic rings. The number of ether oxygens (including phenoxy) is 5. The number of amides is 4. The Morgan fingerprint density at radius 1 is 0.459 bits per heavy atom. The molecule has 4 amide bonds. The van der Waals surface area contributed by atoms with Crippen molar-refractivity contribution < 1.29 is 57.2 Å². The summed E-state index contributed by atoms with van der Waals surface area (Å²) >= 11 is 5.33. The van der Waals surface area contributed by atoms with Gasteiger partial charge in [0, 0.05) is 178 Å². The molecule has 0 aromatic carbocycles. The van der Waals surface area contributed by atoms with Gasteiger partial charge < -0.3 is 55.2 Å². The Bertz CT molecular complexity index is 3020. The highest BCUT2D eigenvalue weighted by atomic mass is 35.5. The van der Waals surface area contributed by atoms with Crippen LogP contribution in [0.25, 0.3) is 0 Å². The van der Waals surface area contributed by atoms with Crippen LogP contribution in [0.3, 0.4) is 0 Å². The van der Waals surface area contributed by atoms with E-state index in [-0.39, 0.29) is 41.1 Å². The van der Waals surface area contributed by atoms with E-state index >= 15 is 0 Å². The minimum absolute atomic E-state index is 0. The molecule has 32 nitrogen and oxygen atoms in total. The number of carbonyl (C=O) groups excluding carboxylic acids is 7. The number of hydrogen-bond acceptors (Lipinski definition) is 30. The summed E-state index contributed by atoms with van der Waals surface area (Å²) in [5.41, 5.74) is 10.5. The van der Waals surface area contributed by atoms with Crippen LogP contribution < -0.4 is 26.6 Å². The van der Waals surface area contributed by atoms with E-state index in [1.165, 1.54) is 63.1 Å². The standard InChI is InChI=1S/C20H33N5O4.C15H21N3O5.C10H17N5.C5H3ClN2O.C5H5N3O.C5H12N2.C4H8O.ClH/c1-19(2,3)28-17(26)25(18(27)29-20(4,5)6)16-21-12-15(13-22-16)14-24-10-8-23(7)9-11-24;1-14(2,3)22-12(20)18(13(21)23-15(4,5)6)11-16-7-10(9-19)8-17-11;1-14-2-4-15(5-3-14)8-9-6-12-10(11)13-7-9;2*6-5-7-1-4(3-9)2-8-5;1-7-4-2-6-3-5-7;1-2-4-5-3-1;/h12-13H,8-11,14H2,1-7H3;7-9H,1-6H3;6-7H,2-5,8H2,1H3,(H2,11,12,13);1-3H;1-3H,(H2,6,7,8);6H,2-5H2,1H3;1-4H2;1H. The molecule has 0 bridgehead atoms. The van der Waals surface area contributed by atoms with Crippen molar-refractivity contribution in [3.05, 3.63) is 95.1 Å². The molecule has 5 aromatic rings. The number of likely N-dealkylation sites (N-methyl/N-ethyl adjacent to an activating group) is 3. The highest BCUT2D eigenvalue weighted by Crippen LogP contribution is 2.21. The minimum Gasteiger partial charge on any atom is -0.443 e. The van der Waals surface area contributed by atoms with Gasteiger partial charge in [-0.2, -0.15) is 0 Å². The summed E-state index contributed by atoms with van der Waals surface area (Å²) in [6, 6.07) is 0. The normalized spacial score (nSPS) is 15.2. The number of nitrogen functional groups attached to an aromatic ring is 2. The van der Waals surface area contributed by atoms with E-state index in [1.807, 2.05) is 0 Å². The van der Waals surface area contributed by atoms with Crippen molar-refractivity contribution in [2.45, 2.75) is 131 Å². The van der Waals surface area contributed by atoms with Crippen LogP contribution in [0.1, 0.15) is 138 Å². The average molecular weight is 1410 g/mol. The molecule has 5 N–H and O–H groups in total. The zero-order valence-corrected chi connectivity index (χ0v) is 60.7. The fraction of sp³-hybridized carbons (Fsp3) is 0.578. The van der Waals surface area contributed by atoms with E-state index in [0.717, 1.165) is 101 Å². The first-order chi connectivity index (χ1) is 45.5. The van der Waals surface area contributed by atoms with E-state index in [1.54, 1.807) is 108 Å². The van der Waals surface area contributed by atoms with Gasteiger partial charge in [-0.05, 0) is 129 Å². The van der Waals surface area contributed by atoms with Crippen LogP contribution in [0.2, 0.25) is 5.28 Å². The summed E-state index contributed by atoms with van der Waals surface area (Å²) in [6.07, 6.45) is 15.5. The zero-order valence-electron chi connectivity index (χ0n) is 59.2. The number of nitrogens with one attached hydrogen (secondary N) is 1. The molecular formula is C64H100Cl2N20O12. The second kappa shape index (κ2) is 43.2. The fourth-order valence-corrected chi connectivity index (χ4v) is 7.91. The van der Waals surface area contributed by atoms with E-state index in [9.17, 15) is 33.6 Å². The van der Waals surface area contributed by atoms with Crippen LogP contribution in [0, 0.1) is 0 Å². The van der Waals surface area contributed by atoms with Crippen LogP contribution in [0.5, 0.6) is 0 Å². The number of aldehydes is 3. The Morgan fingerprint density at radius 2 is 0.724 bits per heavy atom. The molecule has 542 valence electrons. The van der Waals surface area contributed by atoms with Crippen LogP contribution in [-0.4, -0.2) is 253 Å². The monoisotopic (exact) mass is 1410 g/mol. The molecule has 0 unspecified atom stereocenters. The predicted molar refractivity (Wildman–Crippen MR) is 373 cm³/mol. The smallest absolute Gasteiger partial charge is 0.427 e. The molecule has 4 fully saturated rings. The number of imide groups is 2. The molecule has 0 radical (unpaired) electrons. The van der Waals surface area contributed by atoms with Crippen LogP contribution in [-0.2, 0) is 36.8 Å². The largest absolute Gasteiger partial charge is 0.443 e. The second-order valence-electron chi connectivity index (χ2n) is 26.3. The molecule has 4 aliphatic heterocycles. The molecule has 98 heavy (non-hydrogen) atoms. The molecule has 0 atom stereocenters. The SMILES string of the molecule is C1CCOC1.CC(C)(C)OC(=O)N(C(=O)OC(C)(C)C)c1ncc(C=O)cn1.CN1CCN(Cc2cnc(N(C(=O)OC(C)(C)C)C(=O)OC(C)(C)C)nc2)CC1.CN1CCN(Cc2cnc(N)nc2)CC1.CN1CCNCC1.Cl.Nc1ncc(C=O)cn1.O=Cc1cnc(Cl)nc1. The first kappa shape index (κ1) is 85.9. The van der Waals surface area contributed by atoms with Crippen molar-refractivity contribution in [1.82, 2.24) is 79.7 Å². The third-order valence-electron chi connectivity index (χ3n) is 12.7. The van der Waals surface area contributed by atoms with Gasteiger partial charge in [-0.15, -0.1) is 22.2 Å². The van der Waals surface area contributed by atoms with E-state index in [4.69, 9.17) is 46.8 Å². The number of carbonyl (C=O) groups is 7. The highest BCUT2D eigenvalue weighted by molar-refractivity contribution is 6.28. The van der Waals surface area contributed by atoms with Gasteiger partial charge in [0.25, 0.3) is 0 Å². The van der Waals surface area contributed by atoms with Crippen molar-refractivity contribution in [3.63, 3.8) is 0 Å². The number of aromatic nitrogens is 10. The van der Waals surface area contributed by atoms with Gasteiger partial charge in [-0.3, -0.25) is 24.2 Å². The maximum atomic E-state index is 12.6. The fourth-order valence-electron chi connectivity index (χ4n) is 7.81. The number of anilines is 4. The van der Waals surface area contributed by atoms with Gasteiger partial charge in [0.2, 0.25) is 29.1 Å². The second-order valence-corrected chi connectivity index (χ2v) is 26.6. The van der Waals surface area contributed by atoms with Crippen molar-refractivity contribution in [3.8, 4) is 0 Å². The van der Waals surface area contributed by atoms with Gasteiger partial charge in [-0.1, -0.05) is 0 Å². The summed E-state index contributed by atoms with van der Waals surface area (Å²) in [6.45, 7) is 37.1. The summed E-state index contributed by atoms with van der Waals surface area (Å²) in [5.74, 6) is 0.215. The summed E-state index contributed by atoms with van der Waals surface area (Å²) in [7, 11) is 6.42. The Balaban J connectivity index is 0.000000418. The van der Waals surface area contributed by atoms with E-state index in [2.05, 4.69) is 101 Å². The molecule has 0 saturated carbocycles. The molecular weight excluding hydrogens is 1310 g/mol. The van der Waals surface area contributed by atoms with Crippen LogP contribution >= 0.6 is 24.0 Å².